The number of ether oxygens (including phenoxy) is 1. The number of para-hydroxylation sites is 1. The summed E-state index contributed by atoms with van der Waals surface area (Å²) in [6, 6.07) is 16.6. The van der Waals surface area contributed by atoms with Crippen molar-refractivity contribution in [1.29, 1.82) is 0 Å². The van der Waals surface area contributed by atoms with Crippen molar-refractivity contribution in [3.05, 3.63) is 77.0 Å². The molecule has 2 aromatic carbocycles. The third-order valence-corrected chi connectivity index (χ3v) is 4.50. The van der Waals surface area contributed by atoms with Crippen LogP contribution in [0.1, 0.15) is 22.4 Å². The molecular formula is C22H25ClN2O2. The Balaban J connectivity index is 0.00000261. The predicted octanol–water partition coefficient (Wildman–Crippen LogP) is 4.42. The van der Waals surface area contributed by atoms with E-state index in [1.54, 1.807) is 6.08 Å². The highest BCUT2D eigenvalue weighted by atomic mass is 35.5. The lowest BCUT2D eigenvalue weighted by Crippen LogP contribution is -2.16. The summed E-state index contributed by atoms with van der Waals surface area (Å²) in [7, 11) is 1.37. The summed E-state index contributed by atoms with van der Waals surface area (Å²) in [5.74, 6) is -0.344. The molecule has 2 N–H and O–H groups in total. The topological polar surface area (TPSA) is 54.1 Å². The maximum atomic E-state index is 11.1. The number of fused-ring (bicyclic) bond motifs is 1. The Morgan fingerprint density at radius 2 is 1.89 bits per heavy atom. The maximum Gasteiger partial charge on any atom is 0.330 e. The van der Waals surface area contributed by atoms with Gasteiger partial charge in [0.15, 0.2) is 0 Å². The van der Waals surface area contributed by atoms with E-state index in [1.807, 2.05) is 12.1 Å². The van der Waals surface area contributed by atoms with Crippen LogP contribution in [-0.2, 0) is 22.5 Å². The SMILES string of the molecule is COC(=O)C=Cc1ccc(CNCCc2c(C)[nH]c3ccccc23)cc1.Cl. The molecule has 1 heterocycles. The minimum absolute atomic E-state index is 0. The number of esters is 1. The first-order chi connectivity index (χ1) is 12.7. The summed E-state index contributed by atoms with van der Waals surface area (Å²) >= 11 is 0. The van der Waals surface area contributed by atoms with Gasteiger partial charge in [0.05, 0.1) is 7.11 Å². The molecule has 0 amide bonds. The van der Waals surface area contributed by atoms with E-state index in [2.05, 4.69) is 58.4 Å². The van der Waals surface area contributed by atoms with Crippen LogP contribution < -0.4 is 5.32 Å². The third-order valence-electron chi connectivity index (χ3n) is 4.50. The summed E-state index contributed by atoms with van der Waals surface area (Å²) in [5, 5.41) is 4.82. The number of hydrogen-bond donors (Lipinski definition) is 2. The fourth-order valence-electron chi connectivity index (χ4n) is 3.08. The number of halogens is 1. The molecule has 0 aliphatic carbocycles. The summed E-state index contributed by atoms with van der Waals surface area (Å²) in [6.45, 7) is 3.88. The monoisotopic (exact) mass is 384 g/mol. The van der Waals surface area contributed by atoms with Gasteiger partial charge in [0.1, 0.15) is 0 Å². The van der Waals surface area contributed by atoms with Crippen LogP contribution in [0.15, 0.2) is 54.6 Å². The zero-order chi connectivity index (χ0) is 18.4. The van der Waals surface area contributed by atoms with E-state index in [0.29, 0.717) is 0 Å². The average molecular weight is 385 g/mol. The highest BCUT2D eigenvalue weighted by Gasteiger charge is 2.07. The predicted molar refractivity (Wildman–Crippen MR) is 113 cm³/mol. The van der Waals surface area contributed by atoms with Gasteiger partial charge in [-0.05, 0) is 48.7 Å². The van der Waals surface area contributed by atoms with Gasteiger partial charge in [-0.3, -0.25) is 0 Å². The Kier molecular flexibility index (Phi) is 7.65. The van der Waals surface area contributed by atoms with Crippen molar-refractivity contribution < 1.29 is 9.53 Å². The number of carbonyl (C=O) groups excluding carboxylic acids is 1. The number of nitrogens with one attached hydrogen (secondary N) is 2. The van der Waals surface area contributed by atoms with Crippen molar-refractivity contribution in [3.63, 3.8) is 0 Å². The van der Waals surface area contributed by atoms with Crippen LogP contribution in [0.4, 0.5) is 0 Å². The van der Waals surface area contributed by atoms with Gasteiger partial charge in [0.25, 0.3) is 0 Å². The zero-order valence-electron chi connectivity index (χ0n) is 15.6. The van der Waals surface area contributed by atoms with Crippen LogP contribution in [0.5, 0.6) is 0 Å². The van der Waals surface area contributed by atoms with Crippen molar-refractivity contribution in [2.75, 3.05) is 13.7 Å². The number of H-pyrrole nitrogens is 1. The molecule has 3 rings (SSSR count). The number of aromatic nitrogens is 1. The van der Waals surface area contributed by atoms with Gasteiger partial charge < -0.3 is 15.0 Å². The highest BCUT2D eigenvalue weighted by molar-refractivity contribution is 5.87. The molecule has 0 fully saturated rings. The van der Waals surface area contributed by atoms with Crippen LogP contribution in [0.2, 0.25) is 0 Å². The molecule has 0 aliphatic heterocycles. The van der Waals surface area contributed by atoms with E-state index in [9.17, 15) is 4.79 Å². The van der Waals surface area contributed by atoms with Crippen molar-refractivity contribution >= 4 is 35.4 Å². The van der Waals surface area contributed by atoms with Crippen molar-refractivity contribution in [1.82, 2.24) is 10.3 Å². The smallest absolute Gasteiger partial charge is 0.330 e. The molecule has 142 valence electrons. The van der Waals surface area contributed by atoms with Crippen LogP contribution in [0.25, 0.3) is 17.0 Å². The average Bonchev–Trinajstić information content (AvgIpc) is 2.99. The maximum absolute atomic E-state index is 11.1. The molecule has 3 aromatic rings. The highest BCUT2D eigenvalue weighted by Crippen LogP contribution is 2.21. The van der Waals surface area contributed by atoms with Crippen LogP contribution in [0, 0.1) is 6.92 Å². The molecule has 0 bridgehead atoms. The Morgan fingerprint density at radius 3 is 2.63 bits per heavy atom. The molecule has 0 atom stereocenters. The Hall–Kier alpha value is -2.56. The third kappa shape index (κ3) is 5.46. The normalized spacial score (nSPS) is 10.9. The van der Waals surface area contributed by atoms with Crippen LogP contribution >= 0.6 is 12.4 Å². The standard InChI is InChI=1S/C22H24N2O2.ClH/c1-16-19(20-5-3-4-6-21(20)24-16)13-14-23-15-18-9-7-17(8-10-18)11-12-22(25)26-2;/h3-12,23-24H,13-15H2,1-2H3;1H. The Bertz CT molecular complexity index is 914. The molecule has 27 heavy (non-hydrogen) atoms. The molecular weight excluding hydrogens is 360 g/mol. The first-order valence-corrected chi connectivity index (χ1v) is 8.79. The Morgan fingerprint density at radius 1 is 1.15 bits per heavy atom. The van der Waals surface area contributed by atoms with Gasteiger partial charge in [0.2, 0.25) is 0 Å². The molecule has 0 aliphatic rings. The first-order valence-electron chi connectivity index (χ1n) is 8.79. The molecule has 1 aromatic heterocycles. The van der Waals surface area contributed by atoms with E-state index in [0.717, 1.165) is 25.1 Å². The molecule has 0 spiro atoms. The van der Waals surface area contributed by atoms with E-state index in [4.69, 9.17) is 0 Å². The van der Waals surface area contributed by atoms with E-state index < -0.39 is 0 Å². The second kappa shape index (κ2) is 9.95. The van der Waals surface area contributed by atoms with Crippen molar-refractivity contribution in [2.24, 2.45) is 0 Å². The molecule has 0 radical (unpaired) electrons. The van der Waals surface area contributed by atoms with Crippen molar-refractivity contribution in [2.45, 2.75) is 19.9 Å². The van der Waals surface area contributed by atoms with E-state index in [1.165, 1.54) is 40.9 Å². The summed E-state index contributed by atoms with van der Waals surface area (Å²) in [5.41, 5.74) is 6.03. The fraction of sp³-hybridized carbons (Fsp3) is 0.227. The molecule has 0 unspecified atom stereocenters. The van der Waals surface area contributed by atoms with Crippen LogP contribution in [0.3, 0.4) is 0 Å². The van der Waals surface area contributed by atoms with Gasteiger partial charge in [-0.15, -0.1) is 12.4 Å². The molecule has 5 heteroatoms. The van der Waals surface area contributed by atoms with Gasteiger partial charge in [-0.1, -0.05) is 42.5 Å². The summed E-state index contributed by atoms with van der Waals surface area (Å²) < 4.78 is 4.59. The second-order valence-electron chi connectivity index (χ2n) is 6.30. The summed E-state index contributed by atoms with van der Waals surface area (Å²) in [6.07, 6.45) is 4.18. The lowest BCUT2D eigenvalue weighted by molar-refractivity contribution is -0.134. The summed E-state index contributed by atoms with van der Waals surface area (Å²) in [4.78, 5) is 14.6. The number of methoxy groups -OCH3 is 1. The minimum atomic E-state index is -0.344. The van der Waals surface area contributed by atoms with Crippen molar-refractivity contribution in [3.8, 4) is 0 Å². The molecule has 0 saturated carbocycles. The molecule has 4 nitrogen and oxygen atoms in total. The number of hydrogen-bond acceptors (Lipinski definition) is 3. The number of aryl methyl sites for hydroxylation is 1. The van der Waals surface area contributed by atoms with Gasteiger partial charge >= 0.3 is 5.97 Å². The number of aromatic amines is 1. The quantitative estimate of drug-likeness (QED) is 0.360. The fourth-order valence-corrected chi connectivity index (χ4v) is 3.08. The number of rotatable bonds is 7. The molecule has 0 saturated heterocycles. The van der Waals surface area contributed by atoms with E-state index >= 15 is 0 Å². The number of benzene rings is 2. The van der Waals surface area contributed by atoms with Gasteiger partial charge in [-0.25, -0.2) is 4.79 Å². The van der Waals surface area contributed by atoms with E-state index in [-0.39, 0.29) is 18.4 Å². The first kappa shape index (κ1) is 20.7. The Labute approximate surface area is 166 Å². The zero-order valence-corrected chi connectivity index (χ0v) is 16.4. The minimum Gasteiger partial charge on any atom is -0.466 e. The largest absolute Gasteiger partial charge is 0.466 e. The van der Waals surface area contributed by atoms with Gasteiger partial charge in [-0.2, -0.15) is 0 Å². The number of carbonyl (C=O) groups is 1. The lowest BCUT2D eigenvalue weighted by Gasteiger charge is -2.06. The second-order valence-corrected chi connectivity index (χ2v) is 6.30. The van der Waals surface area contributed by atoms with Crippen LogP contribution in [-0.4, -0.2) is 24.6 Å². The lowest BCUT2D eigenvalue weighted by atomic mass is 10.1. The van der Waals surface area contributed by atoms with Gasteiger partial charge in [0, 0.05) is 29.2 Å².